The number of aryl methyl sites for hydroxylation is 2. The molecule has 3 heteroatoms. The molecule has 2 rings (SSSR count). The van der Waals surface area contributed by atoms with Crippen molar-refractivity contribution in [2.75, 3.05) is 19.8 Å². The Balaban J connectivity index is 2.35. The van der Waals surface area contributed by atoms with Crippen molar-refractivity contribution in [1.82, 2.24) is 0 Å². The lowest BCUT2D eigenvalue weighted by Gasteiger charge is -2.32. The second-order valence-electron chi connectivity index (χ2n) is 5.13. The first-order valence-corrected chi connectivity index (χ1v) is 6.12. The number of nitrogens with two attached hydrogens (primary N) is 1. The van der Waals surface area contributed by atoms with Crippen LogP contribution >= 0.6 is 0 Å². The summed E-state index contributed by atoms with van der Waals surface area (Å²) in [4.78, 5) is 0. The predicted molar refractivity (Wildman–Crippen MR) is 67.8 cm³/mol. The lowest BCUT2D eigenvalue weighted by molar-refractivity contribution is 0.0186. The zero-order chi connectivity index (χ0) is 12.5. The molecule has 3 N–H and O–H groups in total. The van der Waals surface area contributed by atoms with Gasteiger partial charge in [0, 0.05) is 18.6 Å². The third-order valence-electron chi connectivity index (χ3n) is 3.85. The molecule has 1 aliphatic heterocycles. The standard InChI is InChI=1S/C14H21NO2/c1-10-3-4-11(2)12(7-10)13(16)14(8-15)5-6-17-9-14/h3-4,7,13,16H,5-6,8-9,15H2,1-2H3. The molecule has 0 aromatic heterocycles. The van der Waals surface area contributed by atoms with Crippen LogP contribution in [0.1, 0.15) is 29.2 Å². The molecule has 1 heterocycles. The smallest absolute Gasteiger partial charge is 0.0883 e. The molecule has 1 aliphatic rings. The van der Waals surface area contributed by atoms with Crippen LogP contribution < -0.4 is 5.73 Å². The van der Waals surface area contributed by atoms with Crippen LogP contribution in [0.3, 0.4) is 0 Å². The van der Waals surface area contributed by atoms with E-state index in [0.717, 1.165) is 23.1 Å². The highest BCUT2D eigenvalue weighted by atomic mass is 16.5. The van der Waals surface area contributed by atoms with E-state index in [2.05, 4.69) is 12.1 Å². The molecule has 2 unspecified atom stereocenters. The van der Waals surface area contributed by atoms with Crippen LogP contribution in [0.25, 0.3) is 0 Å². The molecule has 0 amide bonds. The van der Waals surface area contributed by atoms with Crippen LogP contribution in [0, 0.1) is 19.3 Å². The Morgan fingerprint density at radius 2 is 2.24 bits per heavy atom. The summed E-state index contributed by atoms with van der Waals surface area (Å²) in [5, 5.41) is 10.6. The summed E-state index contributed by atoms with van der Waals surface area (Å²) < 4.78 is 5.42. The van der Waals surface area contributed by atoms with E-state index in [1.807, 2.05) is 19.9 Å². The van der Waals surface area contributed by atoms with Crippen LogP contribution in [0.5, 0.6) is 0 Å². The minimum Gasteiger partial charge on any atom is -0.388 e. The van der Waals surface area contributed by atoms with Crippen molar-refractivity contribution in [3.05, 3.63) is 34.9 Å². The number of aliphatic hydroxyl groups is 1. The summed E-state index contributed by atoms with van der Waals surface area (Å²) in [5.74, 6) is 0. The van der Waals surface area contributed by atoms with Crippen LogP contribution in [-0.2, 0) is 4.74 Å². The molecule has 1 aromatic carbocycles. The van der Waals surface area contributed by atoms with Crippen LogP contribution in [0.4, 0.5) is 0 Å². The lowest BCUT2D eigenvalue weighted by atomic mass is 9.77. The highest BCUT2D eigenvalue weighted by molar-refractivity contribution is 5.33. The maximum Gasteiger partial charge on any atom is 0.0883 e. The van der Waals surface area contributed by atoms with E-state index in [1.54, 1.807) is 0 Å². The summed E-state index contributed by atoms with van der Waals surface area (Å²) >= 11 is 0. The highest BCUT2D eigenvalue weighted by Gasteiger charge is 2.41. The molecular weight excluding hydrogens is 214 g/mol. The average molecular weight is 235 g/mol. The zero-order valence-electron chi connectivity index (χ0n) is 10.6. The van der Waals surface area contributed by atoms with Gasteiger partial charge < -0.3 is 15.6 Å². The first-order chi connectivity index (χ1) is 8.09. The van der Waals surface area contributed by atoms with Crippen molar-refractivity contribution in [2.24, 2.45) is 11.1 Å². The van der Waals surface area contributed by atoms with E-state index in [0.29, 0.717) is 19.8 Å². The van der Waals surface area contributed by atoms with Crippen molar-refractivity contribution in [3.63, 3.8) is 0 Å². The zero-order valence-corrected chi connectivity index (χ0v) is 10.6. The second-order valence-corrected chi connectivity index (χ2v) is 5.13. The molecule has 94 valence electrons. The Morgan fingerprint density at radius 3 is 2.82 bits per heavy atom. The summed E-state index contributed by atoms with van der Waals surface area (Å²) in [6.45, 7) is 5.77. The van der Waals surface area contributed by atoms with Crippen molar-refractivity contribution >= 4 is 0 Å². The van der Waals surface area contributed by atoms with Gasteiger partial charge in [0.15, 0.2) is 0 Å². The van der Waals surface area contributed by atoms with Gasteiger partial charge in [-0.15, -0.1) is 0 Å². The molecule has 3 nitrogen and oxygen atoms in total. The Bertz CT molecular complexity index is 397. The van der Waals surface area contributed by atoms with Gasteiger partial charge in [-0.05, 0) is 31.4 Å². The first-order valence-electron chi connectivity index (χ1n) is 6.12. The normalized spacial score (nSPS) is 26.1. The number of aliphatic hydroxyl groups excluding tert-OH is 1. The van der Waals surface area contributed by atoms with Crippen molar-refractivity contribution < 1.29 is 9.84 Å². The maximum absolute atomic E-state index is 10.6. The third kappa shape index (κ3) is 2.23. The Kier molecular flexibility index (Phi) is 3.52. The van der Waals surface area contributed by atoms with Gasteiger partial charge >= 0.3 is 0 Å². The molecule has 1 fully saturated rings. The van der Waals surface area contributed by atoms with Gasteiger partial charge in [-0.25, -0.2) is 0 Å². The summed E-state index contributed by atoms with van der Waals surface area (Å²) in [7, 11) is 0. The quantitative estimate of drug-likeness (QED) is 0.838. The number of benzene rings is 1. The fourth-order valence-electron chi connectivity index (χ4n) is 2.50. The van der Waals surface area contributed by atoms with Crippen molar-refractivity contribution in [2.45, 2.75) is 26.4 Å². The molecule has 0 bridgehead atoms. The molecule has 0 aliphatic carbocycles. The molecule has 1 saturated heterocycles. The van der Waals surface area contributed by atoms with E-state index in [-0.39, 0.29) is 5.41 Å². The molecule has 0 saturated carbocycles. The molecular formula is C14H21NO2. The lowest BCUT2D eigenvalue weighted by Crippen LogP contribution is -2.37. The highest BCUT2D eigenvalue weighted by Crippen LogP contribution is 2.41. The number of ether oxygens (including phenoxy) is 1. The predicted octanol–water partition coefficient (Wildman–Crippen LogP) is 1.70. The van der Waals surface area contributed by atoms with E-state index >= 15 is 0 Å². The van der Waals surface area contributed by atoms with Gasteiger partial charge in [-0.3, -0.25) is 0 Å². The van der Waals surface area contributed by atoms with E-state index in [1.165, 1.54) is 0 Å². The van der Waals surface area contributed by atoms with Gasteiger partial charge in [-0.2, -0.15) is 0 Å². The topological polar surface area (TPSA) is 55.5 Å². The minimum atomic E-state index is -0.533. The number of hydrogen-bond acceptors (Lipinski definition) is 3. The molecule has 1 aromatic rings. The molecule has 0 spiro atoms. The second kappa shape index (κ2) is 4.77. The number of hydrogen-bond donors (Lipinski definition) is 2. The summed E-state index contributed by atoms with van der Waals surface area (Å²) in [6.07, 6.45) is 0.299. The fourth-order valence-corrected chi connectivity index (χ4v) is 2.50. The van der Waals surface area contributed by atoms with Crippen LogP contribution in [0.2, 0.25) is 0 Å². The summed E-state index contributed by atoms with van der Waals surface area (Å²) in [5.41, 5.74) is 8.81. The van der Waals surface area contributed by atoms with Crippen molar-refractivity contribution in [3.8, 4) is 0 Å². The van der Waals surface area contributed by atoms with E-state index < -0.39 is 6.10 Å². The fraction of sp³-hybridized carbons (Fsp3) is 0.571. The number of rotatable bonds is 3. The maximum atomic E-state index is 10.6. The molecule has 17 heavy (non-hydrogen) atoms. The van der Waals surface area contributed by atoms with Gasteiger partial charge in [0.25, 0.3) is 0 Å². The Labute approximate surface area is 103 Å². The van der Waals surface area contributed by atoms with Gasteiger partial charge in [0.1, 0.15) is 0 Å². The average Bonchev–Trinajstić information content (AvgIpc) is 2.81. The van der Waals surface area contributed by atoms with Gasteiger partial charge in [0.05, 0.1) is 12.7 Å². The van der Waals surface area contributed by atoms with Gasteiger partial charge in [-0.1, -0.05) is 23.8 Å². The van der Waals surface area contributed by atoms with Gasteiger partial charge in [0.2, 0.25) is 0 Å². The minimum absolute atomic E-state index is 0.307. The van der Waals surface area contributed by atoms with Crippen LogP contribution in [-0.4, -0.2) is 24.9 Å². The SMILES string of the molecule is Cc1ccc(C)c(C(O)C2(CN)CCOC2)c1. The van der Waals surface area contributed by atoms with E-state index in [4.69, 9.17) is 10.5 Å². The largest absolute Gasteiger partial charge is 0.388 e. The molecule has 2 atom stereocenters. The summed E-state index contributed by atoms with van der Waals surface area (Å²) in [6, 6.07) is 6.16. The monoisotopic (exact) mass is 235 g/mol. The molecule has 0 radical (unpaired) electrons. The van der Waals surface area contributed by atoms with Crippen molar-refractivity contribution in [1.29, 1.82) is 0 Å². The van der Waals surface area contributed by atoms with Crippen LogP contribution in [0.15, 0.2) is 18.2 Å². The third-order valence-corrected chi connectivity index (χ3v) is 3.85. The Morgan fingerprint density at radius 1 is 1.47 bits per heavy atom. The first kappa shape index (κ1) is 12.6. The Hall–Kier alpha value is -0.900. The van der Waals surface area contributed by atoms with E-state index in [9.17, 15) is 5.11 Å².